The smallest absolute Gasteiger partial charge is 0.277 e. The molecule has 5 nitrogen and oxygen atoms in total. The summed E-state index contributed by atoms with van der Waals surface area (Å²) in [6.45, 7) is 1.82. The lowest BCUT2D eigenvalue weighted by Crippen LogP contribution is -2.20. The van der Waals surface area contributed by atoms with Gasteiger partial charge in [-0.2, -0.15) is 5.10 Å². The summed E-state index contributed by atoms with van der Waals surface area (Å²) in [7, 11) is 3.77. The van der Waals surface area contributed by atoms with Crippen molar-refractivity contribution in [3.63, 3.8) is 0 Å². The van der Waals surface area contributed by atoms with E-state index in [1.807, 2.05) is 21.0 Å². The van der Waals surface area contributed by atoms with Crippen LogP contribution in [0.5, 0.6) is 0 Å². The van der Waals surface area contributed by atoms with Crippen LogP contribution in [0.1, 0.15) is 5.56 Å². The summed E-state index contributed by atoms with van der Waals surface area (Å²) in [5.41, 5.74) is 1.71. The Bertz CT molecular complexity index is 744. The van der Waals surface area contributed by atoms with Crippen molar-refractivity contribution in [1.29, 1.82) is 0 Å². The molecule has 2 rings (SSSR count). The Kier molecular flexibility index (Phi) is 5.49. The maximum atomic E-state index is 12.7. The standard InChI is InChI=1S/C15H17Cl2N3O2S/c1-9-5-14(12(17)6-11(9)16)23(22)8-13-10(7-19(2)3)15(21)20(4)18-13/h5-7H,8H2,1-4H3/b10-7-. The predicted molar refractivity (Wildman–Crippen MR) is 94.4 cm³/mol. The molecule has 124 valence electrons. The van der Waals surface area contributed by atoms with E-state index in [4.69, 9.17) is 23.2 Å². The molecule has 1 unspecified atom stereocenters. The van der Waals surface area contributed by atoms with Gasteiger partial charge in [0.05, 0.1) is 37.8 Å². The molecule has 1 aliphatic heterocycles. The Balaban J connectivity index is 2.31. The van der Waals surface area contributed by atoms with E-state index in [9.17, 15) is 9.00 Å². The maximum absolute atomic E-state index is 12.7. The molecular formula is C15H17Cl2N3O2S. The fourth-order valence-corrected chi connectivity index (χ4v) is 3.92. The second kappa shape index (κ2) is 7.03. The zero-order valence-electron chi connectivity index (χ0n) is 13.3. The highest BCUT2D eigenvalue weighted by molar-refractivity contribution is 7.86. The number of carbonyl (C=O) groups is 1. The number of likely N-dealkylation sites (N-methyl/N-ethyl adjacent to an activating group) is 1. The highest BCUT2D eigenvalue weighted by Gasteiger charge is 2.29. The summed E-state index contributed by atoms with van der Waals surface area (Å²) in [5, 5.41) is 6.30. The summed E-state index contributed by atoms with van der Waals surface area (Å²) in [6.07, 6.45) is 1.68. The summed E-state index contributed by atoms with van der Waals surface area (Å²) in [6, 6.07) is 3.28. The number of hydrogen-bond acceptors (Lipinski definition) is 4. The molecule has 0 saturated carbocycles. The molecule has 23 heavy (non-hydrogen) atoms. The van der Waals surface area contributed by atoms with Gasteiger partial charge in [0.2, 0.25) is 0 Å². The van der Waals surface area contributed by atoms with Crippen LogP contribution in [-0.4, -0.2) is 52.6 Å². The van der Waals surface area contributed by atoms with E-state index >= 15 is 0 Å². The third-order valence-electron chi connectivity index (χ3n) is 3.22. The molecule has 1 amide bonds. The monoisotopic (exact) mass is 373 g/mol. The van der Waals surface area contributed by atoms with Gasteiger partial charge in [-0.3, -0.25) is 9.00 Å². The maximum Gasteiger partial charge on any atom is 0.277 e. The zero-order valence-corrected chi connectivity index (χ0v) is 15.6. The molecule has 1 aliphatic rings. The van der Waals surface area contributed by atoms with Crippen LogP contribution in [-0.2, 0) is 15.6 Å². The van der Waals surface area contributed by atoms with E-state index < -0.39 is 10.8 Å². The Morgan fingerprint density at radius 3 is 2.57 bits per heavy atom. The molecule has 0 N–H and O–H groups in total. The van der Waals surface area contributed by atoms with E-state index in [-0.39, 0.29) is 11.7 Å². The van der Waals surface area contributed by atoms with Crippen LogP contribution in [0, 0.1) is 6.92 Å². The lowest BCUT2D eigenvalue weighted by atomic mass is 10.2. The Hall–Kier alpha value is -1.37. The van der Waals surface area contributed by atoms with Crippen LogP contribution in [0.15, 0.2) is 33.9 Å². The highest BCUT2D eigenvalue weighted by atomic mass is 35.5. The largest absolute Gasteiger partial charge is 0.383 e. The highest BCUT2D eigenvalue weighted by Crippen LogP contribution is 2.28. The van der Waals surface area contributed by atoms with Crippen LogP contribution in [0.2, 0.25) is 10.0 Å². The Morgan fingerprint density at radius 2 is 1.96 bits per heavy atom. The Labute approximate surface area is 148 Å². The normalized spacial score (nSPS) is 17.7. The van der Waals surface area contributed by atoms with Crippen molar-refractivity contribution in [1.82, 2.24) is 9.91 Å². The fourth-order valence-electron chi connectivity index (χ4n) is 2.08. The topological polar surface area (TPSA) is 53.0 Å². The first kappa shape index (κ1) is 18.0. The zero-order chi connectivity index (χ0) is 17.3. The molecule has 0 bridgehead atoms. The van der Waals surface area contributed by atoms with Gasteiger partial charge in [0.15, 0.2) is 0 Å². The van der Waals surface area contributed by atoms with E-state index in [1.165, 1.54) is 5.01 Å². The molecular weight excluding hydrogens is 357 g/mol. The van der Waals surface area contributed by atoms with Crippen LogP contribution in [0.4, 0.5) is 0 Å². The SMILES string of the molecule is Cc1cc(S(=O)CC2=NN(C)C(=O)/C2=C\N(C)C)c(Cl)cc1Cl. The number of aryl methyl sites for hydroxylation is 1. The van der Waals surface area contributed by atoms with Gasteiger partial charge >= 0.3 is 0 Å². The van der Waals surface area contributed by atoms with Gasteiger partial charge in [0.1, 0.15) is 0 Å². The molecule has 1 atom stereocenters. The predicted octanol–water partition coefficient (Wildman–Crippen LogP) is 2.68. The van der Waals surface area contributed by atoms with E-state index in [0.717, 1.165) is 5.56 Å². The number of nitrogens with zero attached hydrogens (tertiary/aromatic N) is 3. The summed E-state index contributed by atoms with van der Waals surface area (Å²) < 4.78 is 12.7. The lowest BCUT2D eigenvalue weighted by Gasteiger charge is -2.09. The van der Waals surface area contributed by atoms with E-state index in [2.05, 4.69) is 5.10 Å². The van der Waals surface area contributed by atoms with Crippen molar-refractivity contribution < 1.29 is 9.00 Å². The van der Waals surface area contributed by atoms with Crippen molar-refractivity contribution in [3.05, 3.63) is 39.5 Å². The second-order valence-corrected chi connectivity index (χ2v) is 7.64. The molecule has 1 aromatic rings. The number of rotatable bonds is 4. The minimum Gasteiger partial charge on any atom is -0.383 e. The van der Waals surface area contributed by atoms with E-state index in [1.54, 1.807) is 30.3 Å². The van der Waals surface area contributed by atoms with Crippen molar-refractivity contribution >= 4 is 45.6 Å². The number of amides is 1. The molecule has 0 fully saturated rings. The molecule has 0 aromatic heterocycles. The number of hydrazone groups is 1. The third-order valence-corrected chi connectivity index (χ3v) is 5.42. The first-order valence-electron chi connectivity index (χ1n) is 6.79. The molecule has 0 aliphatic carbocycles. The Morgan fingerprint density at radius 1 is 1.30 bits per heavy atom. The van der Waals surface area contributed by atoms with Gasteiger partial charge in [0, 0.05) is 32.4 Å². The number of hydrogen-bond donors (Lipinski definition) is 0. The van der Waals surface area contributed by atoms with Gasteiger partial charge in [-0.05, 0) is 24.6 Å². The first-order valence-corrected chi connectivity index (χ1v) is 8.86. The van der Waals surface area contributed by atoms with Crippen LogP contribution in [0.3, 0.4) is 0 Å². The number of carbonyl (C=O) groups excluding carboxylic acids is 1. The van der Waals surface area contributed by atoms with Gasteiger partial charge in [-0.15, -0.1) is 0 Å². The van der Waals surface area contributed by atoms with Crippen LogP contribution < -0.4 is 0 Å². The molecule has 1 aromatic carbocycles. The molecule has 0 radical (unpaired) electrons. The molecule has 0 saturated heterocycles. The van der Waals surface area contributed by atoms with E-state index in [0.29, 0.717) is 26.2 Å². The average Bonchev–Trinajstić information content (AvgIpc) is 2.70. The third kappa shape index (κ3) is 3.94. The average molecular weight is 374 g/mol. The minimum atomic E-state index is -1.43. The van der Waals surface area contributed by atoms with Gasteiger partial charge in [-0.25, -0.2) is 5.01 Å². The van der Waals surface area contributed by atoms with Crippen molar-refractivity contribution in [3.8, 4) is 0 Å². The van der Waals surface area contributed by atoms with Crippen LogP contribution in [0.25, 0.3) is 0 Å². The second-order valence-electron chi connectivity index (χ2n) is 5.40. The van der Waals surface area contributed by atoms with Gasteiger partial charge in [0.25, 0.3) is 5.91 Å². The first-order chi connectivity index (χ1) is 10.7. The van der Waals surface area contributed by atoms with Crippen molar-refractivity contribution in [2.75, 3.05) is 26.9 Å². The number of benzene rings is 1. The van der Waals surface area contributed by atoms with Gasteiger partial charge in [-0.1, -0.05) is 23.2 Å². The fraction of sp³-hybridized carbons (Fsp3) is 0.333. The minimum absolute atomic E-state index is 0.108. The summed E-state index contributed by atoms with van der Waals surface area (Å²) >= 11 is 12.1. The van der Waals surface area contributed by atoms with Crippen LogP contribution >= 0.6 is 23.2 Å². The summed E-state index contributed by atoms with van der Waals surface area (Å²) in [4.78, 5) is 14.4. The molecule has 8 heteroatoms. The molecule has 1 heterocycles. The lowest BCUT2D eigenvalue weighted by molar-refractivity contribution is -0.124. The van der Waals surface area contributed by atoms with Crippen molar-refractivity contribution in [2.45, 2.75) is 11.8 Å². The summed E-state index contributed by atoms with van der Waals surface area (Å²) in [5.74, 6) is -0.111. The van der Waals surface area contributed by atoms with Gasteiger partial charge < -0.3 is 4.90 Å². The number of halogens is 2. The van der Waals surface area contributed by atoms with Crippen molar-refractivity contribution in [2.24, 2.45) is 5.10 Å². The quantitative estimate of drug-likeness (QED) is 0.762. The molecule has 0 spiro atoms.